The molecule has 2 aromatic carbocycles. The Morgan fingerprint density at radius 2 is 1.44 bits per heavy atom. The molecule has 1 aliphatic heterocycles. The Morgan fingerprint density at radius 1 is 0.833 bits per heavy atom. The maximum Gasteiger partial charge on any atom is 0.0650 e. The highest BCUT2D eigenvalue weighted by molar-refractivity contribution is 5.76. The van der Waals surface area contributed by atoms with E-state index in [1.54, 1.807) is 0 Å². The first-order valence-corrected chi connectivity index (χ1v) is 6.40. The van der Waals surface area contributed by atoms with Crippen molar-refractivity contribution in [1.29, 1.82) is 0 Å². The maximum absolute atomic E-state index is 2.32. The summed E-state index contributed by atoms with van der Waals surface area (Å²) < 4.78 is 0. The van der Waals surface area contributed by atoms with E-state index in [2.05, 4.69) is 80.7 Å². The van der Waals surface area contributed by atoms with Crippen LogP contribution in [0.15, 0.2) is 48.5 Å². The average molecular weight is 236 g/mol. The zero-order chi connectivity index (χ0) is 12.8. The van der Waals surface area contributed by atoms with Gasteiger partial charge in [0.25, 0.3) is 0 Å². The molecule has 1 aliphatic rings. The van der Waals surface area contributed by atoms with Crippen molar-refractivity contribution in [3.63, 3.8) is 0 Å². The van der Waals surface area contributed by atoms with Crippen LogP contribution in [0.25, 0.3) is 0 Å². The molecule has 1 heterocycles. The first kappa shape index (κ1) is 11.3. The van der Waals surface area contributed by atoms with Crippen molar-refractivity contribution >= 4 is 11.4 Å². The molecule has 2 aromatic rings. The number of fused-ring (bicyclic) bond motifs is 1. The molecule has 0 bridgehead atoms. The van der Waals surface area contributed by atoms with Gasteiger partial charge in [0, 0.05) is 16.8 Å². The summed E-state index contributed by atoms with van der Waals surface area (Å²) in [7, 11) is 0. The van der Waals surface area contributed by atoms with E-state index < -0.39 is 0 Å². The van der Waals surface area contributed by atoms with Gasteiger partial charge >= 0.3 is 0 Å². The van der Waals surface area contributed by atoms with Crippen molar-refractivity contribution in [3.05, 3.63) is 66.2 Å². The zero-order valence-corrected chi connectivity index (χ0v) is 11.1. The van der Waals surface area contributed by atoms with E-state index in [1.165, 1.54) is 22.5 Å². The number of para-hydroxylation sites is 2. The van der Waals surface area contributed by atoms with E-state index in [1.807, 2.05) is 0 Å². The summed E-state index contributed by atoms with van der Waals surface area (Å²) in [5.41, 5.74) is 5.38. The van der Waals surface area contributed by atoms with Crippen molar-refractivity contribution in [2.75, 3.05) is 4.90 Å². The molecule has 0 amide bonds. The molecule has 1 heteroatoms. The molecule has 0 saturated heterocycles. The van der Waals surface area contributed by atoms with Crippen LogP contribution in [-0.2, 0) is 5.41 Å². The van der Waals surface area contributed by atoms with E-state index in [4.69, 9.17) is 0 Å². The van der Waals surface area contributed by atoms with Gasteiger partial charge in [-0.05, 0) is 30.2 Å². The Bertz CT molecular complexity index is 584. The van der Waals surface area contributed by atoms with Gasteiger partial charge in [-0.25, -0.2) is 0 Å². The SMILES string of the molecule is Cc1ccccc1N1[CH]C(C)(C)c2ccccc21. The van der Waals surface area contributed by atoms with Crippen molar-refractivity contribution in [2.24, 2.45) is 0 Å². The second-order valence-corrected chi connectivity index (χ2v) is 5.52. The highest BCUT2D eigenvalue weighted by atomic mass is 15.2. The van der Waals surface area contributed by atoms with Crippen LogP contribution in [0.3, 0.4) is 0 Å². The lowest BCUT2D eigenvalue weighted by Crippen LogP contribution is -2.19. The third-order valence-electron chi connectivity index (χ3n) is 3.68. The largest absolute Gasteiger partial charge is 0.335 e. The lowest BCUT2D eigenvalue weighted by atomic mass is 9.87. The fourth-order valence-electron chi connectivity index (χ4n) is 2.72. The zero-order valence-electron chi connectivity index (χ0n) is 11.1. The molecule has 1 nitrogen and oxygen atoms in total. The number of nitrogens with zero attached hydrogens (tertiary/aromatic N) is 1. The fourth-order valence-corrected chi connectivity index (χ4v) is 2.72. The molecule has 91 valence electrons. The van der Waals surface area contributed by atoms with Crippen LogP contribution in [0, 0.1) is 13.5 Å². The number of benzene rings is 2. The van der Waals surface area contributed by atoms with Gasteiger partial charge < -0.3 is 4.90 Å². The minimum atomic E-state index is 0.0961. The lowest BCUT2D eigenvalue weighted by molar-refractivity contribution is 0.636. The summed E-state index contributed by atoms with van der Waals surface area (Å²) in [6.07, 6.45) is 0. The molecule has 0 atom stereocenters. The van der Waals surface area contributed by atoms with Crippen LogP contribution in [0.4, 0.5) is 11.4 Å². The van der Waals surface area contributed by atoms with E-state index in [0.29, 0.717) is 0 Å². The summed E-state index contributed by atoms with van der Waals surface area (Å²) in [5, 5.41) is 0. The first-order chi connectivity index (χ1) is 8.59. The van der Waals surface area contributed by atoms with Gasteiger partial charge in [0.2, 0.25) is 0 Å². The van der Waals surface area contributed by atoms with Crippen molar-refractivity contribution in [3.8, 4) is 0 Å². The predicted octanol–water partition coefficient (Wildman–Crippen LogP) is 4.59. The molecule has 1 radical (unpaired) electrons. The van der Waals surface area contributed by atoms with Crippen LogP contribution in [0.2, 0.25) is 0 Å². The van der Waals surface area contributed by atoms with E-state index in [9.17, 15) is 0 Å². The normalized spacial score (nSPS) is 16.7. The number of aryl methyl sites for hydroxylation is 1. The Kier molecular flexibility index (Phi) is 2.44. The fraction of sp³-hybridized carbons (Fsp3) is 0.235. The molecular formula is C17H18N. The lowest BCUT2D eigenvalue weighted by Gasteiger charge is -2.23. The highest BCUT2D eigenvalue weighted by Gasteiger charge is 2.36. The molecule has 3 rings (SSSR count). The highest BCUT2D eigenvalue weighted by Crippen LogP contribution is 2.47. The van der Waals surface area contributed by atoms with E-state index >= 15 is 0 Å². The van der Waals surface area contributed by atoms with Gasteiger partial charge in [-0.15, -0.1) is 0 Å². The van der Waals surface area contributed by atoms with Crippen molar-refractivity contribution < 1.29 is 0 Å². The standard InChI is InChI=1S/C17H18N/c1-13-8-4-6-10-15(13)18-12-17(2,3)14-9-5-7-11-16(14)18/h4-12H,1-3H3. The van der Waals surface area contributed by atoms with Crippen molar-refractivity contribution in [2.45, 2.75) is 26.2 Å². The Morgan fingerprint density at radius 3 is 2.17 bits per heavy atom. The van der Waals surface area contributed by atoms with Crippen LogP contribution >= 0.6 is 0 Å². The third kappa shape index (κ3) is 1.62. The minimum Gasteiger partial charge on any atom is -0.335 e. The molecule has 0 fully saturated rings. The van der Waals surface area contributed by atoms with Gasteiger partial charge in [0.15, 0.2) is 0 Å². The number of anilines is 2. The average Bonchev–Trinajstić information content (AvgIpc) is 2.63. The molecular weight excluding hydrogens is 218 g/mol. The van der Waals surface area contributed by atoms with Crippen LogP contribution in [0.5, 0.6) is 0 Å². The quantitative estimate of drug-likeness (QED) is 0.700. The number of hydrogen-bond donors (Lipinski definition) is 0. The number of rotatable bonds is 1. The van der Waals surface area contributed by atoms with Crippen molar-refractivity contribution in [1.82, 2.24) is 0 Å². The van der Waals surface area contributed by atoms with Crippen LogP contribution in [0.1, 0.15) is 25.0 Å². The van der Waals surface area contributed by atoms with Gasteiger partial charge in [-0.3, -0.25) is 0 Å². The van der Waals surface area contributed by atoms with Gasteiger partial charge in [-0.2, -0.15) is 0 Å². The predicted molar refractivity (Wildman–Crippen MR) is 77.1 cm³/mol. The summed E-state index contributed by atoms with van der Waals surface area (Å²) in [6.45, 7) is 9.02. The Labute approximate surface area is 109 Å². The van der Waals surface area contributed by atoms with Gasteiger partial charge in [0.1, 0.15) is 0 Å². The molecule has 0 aliphatic carbocycles. The van der Waals surface area contributed by atoms with E-state index in [0.717, 1.165) is 0 Å². The van der Waals surface area contributed by atoms with Gasteiger partial charge in [-0.1, -0.05) is 50.2 Å². The van der Waals surface area contributed by atoms with Crippen LogP contribution in [-0.4, -0.2) is 0 Å². The Hall–Kier alpha value is -1.76. The summed E-state index contributed by atoms with van der Waals surface area (Å²) in [4.78, 5) is 2.32. The molecule has 18 heavy (non-hydrogen) atoms. The van der Waals surface area contributed by atoms with E-state index in [-0.39, 0.29) is 5.41 Å². The first-order valence-electron chi connectivity index (χ1n) is 6.40. The monoisotopic (exact) mass is 236 g/mol. The second kappa shape index (κ2) is 3.88. The molecule has 0 N–H and O–H groups in total. The molecule has 0 aromatic heterocycles. The summed E-state index contributed by atoms with van der Waals surface area (Å²) in [5.74, 6) is 0. The minimum absolute atomic E-state index is 0.0961. The summed E-state index contributed by atoms with van der Waals surface area (Å²) >= 11 is 0. The molecule has 0 unspecified atom stereocenters. The third-order valence-corrected chi connectivity index (χ3v) is 3.68. The topological polar surface area (TPSA) is 3.24 Å². The molecule has 0 spiro atoms. The maximum atomic E-state index is 2.32. The number of hydrogen-bond acceptors (Lipinski definition) is 1. The van der Waals surface area contributed by atoms with Gasteiger partial charge in [0.05, 0.1) is 6.54 Å². The summed E-state index contributed by atoms with van der Waals surface area (Å²) in [6, 6.07) is 17.2. The second-order valence-electron chi connectivity index (χ2n) is 5.52. The van der Waals surface area contributed by atoms with Crippen LogP contribution < -0.4 is 4.90 Å². The smallest absolute Gasteiger partial charge is 0.0650 e. The molecule has 0 saturated carbocycles. The Balaban J connectivity index is 2.15.